The minimum atomic E-state index is -0.761. The fourth-order valence-corrected chi connectivity index (χ4v) is 4.24. The lowest BCUT2D eigenvalue weighted by Crippen LogP contribution is -2.31. The first-order valence-corrected chi connectivity index (χ1v) is 11.1. The topological polar surface area (TPSA) is 87.1 Å². The average molecular weight is 446 g/mol. The molecule has 0 aromatic heterocycles. The van der Waals surface area contributed by atoms with Gasteiger partial charge in [-0.05, 0) is 48.7 Å². The van der Waals surface area contributed by atoms with E-state index in [9.17, 15) is 19.8 Å². The number of fused-ring (bicyclic) bond motifs is 1. The van der Waals surface area contributed by atoms with Gasteiger partial charge in [0.2, 0.25) is 0 Å². The van der Waals surface area contributed by atoms with Crippen molar-refractivity contribution < 1.29 is 24.5 Å². The summed E-state index contributed by atoms with van der Waals surface area (Å²) in [4.78, 5) is 27.7. The summed E-state index contributed by atoms with van der Waals surface area (Å²) >= 11 is 0. The SMILES string of the molecule is CC(C)OCCCN1C(=O)C(=O)/C(=C(\O)c2cccc3ccccc23)C1c1ccc(O)cc1. The highest BCUT2D eigenvalue weighted by molar-refractivity contribution is 6.46. The summed E-state index contributed by atoms with van der Waals surface area (Å²) in [7, 11) is 0. The zero-order valence-corrected chi connectivity index (χ0v) is 18.7. The van der Waals surface area contributed by atoms with Crippen LogP contribution in [-0.4, -0.2) is 46.1 Å². The molecule has 33 heavy (non-hydrogen) atoms. The van der Waals surface area contributed by atoms with Gasteiger partial charge in [0.1, 0.15) is 11.5 Å². The number of ether oxygens (including phenoxy) is 1. The molecule has 0 bridgehead atoms. The van der Waals surface area contributed by atoms with Gasteiger partial charge in [0.15, 0.2) is 0 Å². The summed E-state index contributed by atoms with van der Waals surface area (Å²) in [6, 6.07) is 18.6. The highest BCUT2D eigenvalue weighted by Gasteiger charge is 2.45. The molecule has 1 amide bonds. The van der Waals surface area contributed by atoms with Crippen molar-refractivity contribution >= 4 is 28.2 Å². The van der Waals surface area contributed by atoms with Gasteiger partial charge in [0.05, 0.1) is 17.7 Å². The van der Waals surface area contributed by atoms with Crippen LogP contribution in [0.3, 0.4) is 0 Å². The maximum atomic E-state index is 13.2. The molecule has 3 aromatic carbocycles. The Morgan fingerprint density at radius 2 is 1.70 bits per heavy atom. The Labute approximate surface area is 192 Å². The smallest absolute Gasteiger partial charge is 0.295 e. The fraction of sp³-hybridized carbons (Fsp3) is 0.259. The molecule has 2 N–H and O–H groups in total. The highest BCUT2D eigenvalue weighted by atomic mass is 16.5. The number of carbonyl (C=O) groups is 2. The lowest BCUT2D eigenvalue weighted by atomic mass is 9.93. The molecule has 1 atom stereocenters. The van der Waals surface area contributed by atoms with Crippen molar-refractivity contribution in [3.8, 4) is 5.75 Å². The number of aliphatic hydroxyl groups is 1. The number of rotatable bonds is 7. The van der Waals surface area contributed by atoms with Crippen LogP contribution < -0.4 is 0 Å². The molecule has 6 heteroatoms. The van der Waals surface area contributed by atoms with Gasteiger partial charge in [-0.25, -0.2) is 0 Å². The molecule has 0 aliphatic carbocycles. The van der Waals surface area contributed by atoms with Gasteiger partial charge in [0, 0.05) is 18.7 Å². The lowest BCUT2D eigenvalue weighted by Gasteiger charge is -2.25. The van der Waals surface area contributed by atoms with Crippen molar-refractivity contribution in [1.29, 1.82) is 0 Å². The first-order chi connectivity index (χ1) is 15.9. The zero-order valence-electron chi connectivity index (χ0n) is 18.7. The van der Waals surface area contributed by atoms with Crippen molar-refractivity contribution in [2.24, 2.45) is 0 Å². The van der Waals surface area contributed by atoms with Crippen LogP contribution in [0.5, 0.6) is 5.75 Å². The Morgan fingerprint density at radius 3 is 2.42 bits per heavy atom. The summed E-state index contributed by atoms with van der Waals surface area (Å²) < 4.78 is 5.59. The van der Waals surface area contributed by atoms with Crippen LogP contribution >= 0.6 is 0 Å². The summed E-state index contributed by atoms with van der Waals surface area (Å²) in [6.45, 7) is 4.63. The molecule has 6 nitrogen and oxygen atoms in total. The molecular formula is C27H27NO5. The van der Waals surface area contributed by atoms with E-state index in [0.717, 1.165) is 10.8 Å². The number of aliphatic hydroxyl groups excluding tert-OH is 1. The van der Waals surface area contributed by atoms with E-state index in [1.807, 2.05) is 50.2 Å². The molecule has 4 rings (SSSR count). The predicted molar refractivity (Wildman–Crippen MR) is 127 cm³/mol. The Balaban J connectivity index is 1.81. The second-order valence-corrected chi connectivity index (χ2v) is 8.38. The van der Waals surface area contributed by atoms with Crippen LogP contribution in [0.2, 0.25) is 0 Å². The van der Waals surface area contributed by atoms with Crippen molar-refractivity contribution in [2.45, 2.75) is 32.4 Å². The molecule has 0 spiro atoms. The number of Topliss-reactive ketones (excluding diaryl/α,β-unsaturated/α-hetero) is 1. The number of ketones is 1. The number of likely N-dealkylation sites (tertiary alicyclic amines) is 1. The first kappa shape index (κ1) is 22.6. The van der Waals surface area contributed by atoms with Gasteiger partial charge in [-0.1, -0.05) is 54.6 Å². The Bertz CT molecular complexity index is 1210. The maximum absolute atomic E-state index is 13.2. The van der Waals surface area contributed by atoms with E-state index >= 15 is 0 Å². The van der Waals surface area contributed by atoms with Crippen LogP contribution in [-0.2, 0) is 14.3 Å². The third kappa shape index (κ3) is 4.47. The predicted octanol–water partition coefficient (Wildman–Crippen LogP) is 4.78. The number of carbonyl (C=O) groups excluding carboxylic acids is 2. The van der Waals surface area contributed by atoms with Crippen molar-refractivity contribution in [3.63, 3.8) is 0 Å². The number of benzene rings is 3. The van der Waals surface area contributed by atoms with Gasteiger partial charge in [-0.15, -0.1) is 0 Å². The first-order valence-electron chi connectivity index (χ1n) is 11.1. The lowest BCUT2D eigenvalue weighted by molar-refractivity contribution is -0.140. The summed E-state index contributed by atoms with van der Waals surface area (Å²) in [5.41, 5.74) is 1.18. The Kier molecular flexibility index (Phi) is 6.47. The molecule has 1 unspecified atom stereocenters. The highest BCUT2D eigenvalue weighted by Crippen LogP contribution is 2.40. The molecule has 1 aliphatic rings. The third-order valence-corrected chi connectivity index (χ3v) is 5.79. The van der Waals surface area contributed by atoms with Gasteiger partial charge < -0.3 is 19.8 Å². The molecule has 0 saturated carbocycles. The van der Waals surface area contributed by atoms with Crippen LogP contribution in [0.15, 0.2) is 72.3 Å². The number of aromatic hydroxyl groups is 1. The number of hydrogen-bond donors (Lipinski definition) is 2. The second-order valence-electron chi connectivity index (χ2n) is 8.38. The van der Waals surface area contributed by atoms with Crippen molar-refractivity contribution in [1.82, 2.24) is 4.90 Å². The minimum absolute atomic E-state index is 0.0480. The molecule has 1 saturated heterocycles. The monoisotopic (exact) mass is 445 g/mol. The van der Waals surface area contributed by atoms with Gasteiger partial charge in [-0.3, -0.25) is 9.59 Å². The van der Waals surface area contributed by atoms with E-state index in [1.54, 1.807) is 18.2 Å². The standard InChI is InChI=1S/C27H27NO5/c1-17(2)33-16-6-15-28-24(19-11-13-20(29)14-12-19)23(26(31)27(28)32)25(30)22-10-5-8-18-7-3-4-9-21(18)22/h3-5,7-14,17,24,29-30H,6,15-16H2,1-2H3/b25-23-. The van der Waals surface area contributed by atoms with Crippen LogP contribution in [0.1, 0.15) is 37.4 Å². The Morgan fingerprint density at radius 1 is 1.00 bits per heavy atom. The minimum Gasteiger partial charge on any atom is -0.508 e. The normalized spacial score (nSPS) is 17.9. The van der Waals surface area contributed by atoms with E-state index < -0.39 is 17.7 Å². The molecule has 1 heterocycles. The largest absolute Gasteiger partial charge is 0.508 e. The van der Waals surface area contributed by atoms with Gasteiger partial charge >= 0.3 is 0 Å². The van der Waals surface area contributed by atoms with Crippen molar-refractivity contribution in [3.05, 3.63) is 83.4 Å². The Hall–Kier alpha value is -3.64. The van der Waals surface area contributed by atoms with Gasteiger partial charge in [-0.2, -0.15) is 0 Å². The molecular weight excluding hydrogens is 418 g/mol. The van der Waals surface area contributed by atoms with E-state index in [2.05, 4.69) is 0 Å². The number of phenols is 1. The molecule has 0 radical (unpaired) electrons. The van der Waals surface area contributed by atoms with Crippen LogP contribution in [0, 0.1) is 0 Å². The van der Waals surface area contributed by atoms with E-state index in [1.165, 1.54) is 17.0 Å². The molecule has 170 valence electrons. The molecule has 3 aromatic rings. The summed E-state index contributed by atoms with van der Waals surface area (Å²) in [5, 5.41) is 22.8. The number of nitrogens with zero attached hydrogens (tertiary/aromatic N) is 1. The average Bonchev–Trinajstić information content (AvgIpc) is 3.06. The van der Waals surface area contributed by atoms with E-state index in [0.29, 0.717) is 30.7 Å². The molecule has 1 aliphatic heterocycles. The number of phenolic OH excluding ortho intramolecular Hbond substituents is 1. The van der Waals surface area contributed by atoms with E-state index in [4.69, 9.17) is 4.74 Å². The van der Waals surface area contributed by atoms with Crippen LogP contribution in [0.25, 0.3) is 16.5 Å². The van der Waals surface area contributed by atoms with Crippen LogP contribution in [0.4, 0.5) is 0 Å². The summed E-state index contributed by atoms with van der Waals surface area (Å²) in [5.74, 6) is -1.50. The van der Waals surface area contributed by atoms with Gasteiger partial charge in [0.25, 0.3) is 11.7 Å². The maximum Gasteiger partial charge on any atom is 0.295 e. The van der Waals surface area contributed by atoms with Crippen molar-refractivity contribution in [2.75, 3.05) is 13.2 Å². The third-order valence-electron chi connectivity index (χ3n) is 5.79. The summed E-state index contributed by atoms with van der Waals surface area (Å²) in [6.07, 6.45) is 0.619. The number of amides is 1. The second kappa shape index (κ2) is 9.46. The fourth-order valence-electron chi connectivity index (χ4n) is 4.24. The number of hydrogen-bond acceptors (Lipinski definition) is 5. The zero-order chi connectivity index (χ0) is 23.5. The molecule has 1 fully saturated rings. The van der Waals surface area contributed by atoms with E-state index in [-0.39, 0.29) is 23.2 Å². The quantitative estimate of drug-likeness (QED) is 0.236.